The summed E-state index contributed by atoms with van der Waals surface area (Å²) in [6, 6.07) is 5.38. The highest BCUT2D eigenvalue weighted by atomic mass is 16.5. The van der Waals surface area contributed by atoms with Crippen molar-refractivity contribution in [3.8, 4) is 5.88 Å². The van der Waals surface area contributed by atoms with E-state index in [9.17, 15) is 4.79 Å². The van der Waals surface area contributed by atoms with Crippen molar-refractivity contribution in [3.63, 3.8) is 0 Å². The van der Waals surface area contributed by atoms with Crippen LogP contribution < -0.4 is 4.74 Å². The van der Waals surface area contributed by atoms with Crippen molar-refractivity contribution < 1.29 is 14.6 Å². The van der Waals surface area contributed by atoms with E-state index in [-0.39, 0.29) is 11.6 Å². The van der Waals surface area contributed by atoms with Gasteiger partial charge in [0.1, 0.15) is 5.65 Å². The molecule has 0 fully saturated rings. The van der Waals surface area contributed by atoms with E-state index in [0.29, 0.717) is 5.65 Å². The monoisotopic (exact) mass is 206 g/mol. The molecule has 0 atom stereocenters. The first kappa shape index (κ1) is 9.51. The van der Waals surface area contributed by atoms with Crippen LogP contribution in [0.1, 0.15) is 16.2 Å². The molecule has 2 aromatic heterocycles. The number of rotatable bonds is 2. The van der Waals surface area contributed by atoms with Crippen molar-refractivity contribution in [2.75, 3.05) is 7.11 Å². The molecule has 1 N–H and O–H groups in total. The Labute approximate surface area is 85.9 Å². The molecule has 78 valence electrons. The first-order valence-corrected chi connectivity index (χ1v) is 4.40. The summed E-state index contributed by atoms with van der Waals surface area (Å²) in [5.41, 5.74) is 1.44. The highest BCUT2D eigenvalue weighted by molar-refractivity contribution is 5.90. The zero-order valence-corrected chi connectivity index (χ0v) is 8.39. The summed E-state index contributed by atoms with van der Waals surface area (Å²) in [6.07, 6.45) is 0. The van der Waals surface area contributed by atoms with E-state index in [0.717, 1.165) is 5.69 Å². The molecular weight excluding hydrogens is 196 g/mol. The molecule has 0 unspecified atom stereocenters. The second-order valence-electron chi connectivity index (χ2n) is 3.14. The van der Waals surface area contributed by atoms with Gasteiger partial charge < -0.3 is 9.84 Å². The van der Waals surface area contributed by atoms with E-state index in [1.165, 1.54) is 7.11 Å². The number of fused-ring (bicyclic) bond motifs is 1. The van der Waals surface area contributed by atoms with E-state index in [1.54, 1.807) is 10.5 Å². The quantitative estimate of drug-likeness (QED) is 0.805. The fourth-order valence-corrected chi connectivity index (χ4v) is 1.56. The number of imidazole rings is 1. The molecule has 0 aliphatic rings. The summed E-state index contributed by atoms with van der Waals surface area (Å²) < 4.78 is 6.49. The predicted octanol–water partition coefficient (Wildman–Crippen LogP) is 1.35. The lowest BCUT2D eigenvalue weighted by Crippen LogP contribution is -2.05. The first-order valence-electron chi connectivity index (χ1n) is 4.40. The first-order chi connectivity index (χ1) is 7.15. The van der Waals surface area contributed by atoms with E-state index < -0.39 is 5.97 Å². The third-order valence-electron chi connectivity index (χ3n) is 2.20. The fourth-order valence-electron chi connectivity index (χ4n) is 1.56. The summed E-state index contributed by atoms with van der Waals surface area (Å²) in [5.74, 6) is -0.912. The number of nitrogens with zero attached hydrogens (tertiary/aromatic N) is 2. The Balaban J connectivity index is 2.88. The molecule has 0 saturated carbocycles. The third kappa shape index (κ3) is 1.32. The summed E-state index contributed by atoms with van der Waals surface area (Å²) in [5, 5.41) is 9.07. The number of hydrogen-bond acceptors (Lipinski definition) is 3. The van der Waals surface area contributed by atoms with Crippen molar-refractivity contribution in [3.05, 3.63) is 29.6 Å². The number of methoxy groups -OCH3 is 1. The maximum atomic E-state index is 11.1. The van der Waals surface area contributed by atoms with Gasteiger partial charge in [0.25, 0.3) is 0 Å². The molecule has 0 aliphatic carbocycles. The van der Waals surface area contributed by atoms with Gasteiger partial charge in [-0.25, -0.2) is 4.79 Å². The molecule has 0 bridgehead atoms. The molecule has 0 spiro atoms. The minimum atomic E-state index is -1.05. The molecule has 0 aromatic carbocycles. The lowest BCUT2D eigenvalue weighted by molar-refractivity contribution is 0.0685. The van der Waals surface area contributed by atoms with E-state index in [1.807, 2.05) is 19.1 Å². The lowest BCUT2D eigenvalue weighted by Gasteiger charge is -2.01. The molecular formula is C10H10N2O3. The van der Waals surface area contributed by atoms with Crippen molar-refractivity contribution >= 4 is 11.6 Å². The van der Waals surface area contributed by atoms with Crippen molar-refractivity contribution in [2.24, 2.45) is 0 Å². The summed E-state index contributed by atoms with van der Waals surface area (Å²) >= 11 is 0. The standard InChI is InChI=1S/C10H10N2O3/c1-6-4-3-5-7-11-9(15-2)8(10(13)14)12(6)7/h3-5H,1-2H3,(H,13,14). The Morgan fingerprint density at radius 3 is 2.87 bits per heavy atom. The van der Waals surface area contributed by atoms with Crippen LogP contribution in [0.25, 0.3) is 5.65 Å². The van der Waals surface area contributed by atoms with Gasteiger partial charge in [-0.1, -0.05) is 6.07 Å². The van der Waals surface area contributed by atoms with Crippen LogP contribution in [-0.4, -0.2) is 27.6 Å². The Morgan fingerprint density at radius 1 is 1.53 bits per heavy atom. The number of pyridine rings is 1. The molecule has 0 aliphatic heterocycles. The number of aromatic nitrogens is 2. The van der Waals surface area contributed by atoms with Crippen molar-refractivity contribution in [1.29, 1.82) is 0 Å². The Bertz CT molecular complexity index is 531. The number of carboxylic acids is 1. The molecule has 0 radical (unpaired) electrons. The minimum absolute atomic E-state index is 0.0607. The summed E-state index contributed by atoms with van der Waals surface area (Å²) in [4.78, 5) is 15.1. The van der Waals surface area contributed by atoms with Crippen LogP contribution in [0.5, 0.6) is 5.88 Å². The topological polar surface area (TPSA) is 63.8 Å². The summed E-state index contributed by atoms with van der Waals surface area (Å²) in [7, 11) is 1.41. The van der Waals surface area contributed by atoms with Gasteiger partial charge in [-0.05, 0) is 19.1 Å². The molecule has 2 aromatic rings. The van der Waals surface area contributed by atoms with Crippen molar-refractivity contribution in [1.82, 2.24) is 9.38 Å². The number of carboxylic acid groups (broad SMARTS) is 1. The predicted molar refractivity (Wildman–Crippen MR) is 53.4 cm³/mol. The number of ether oxygens (including phenoxy) is 1. The normalized spacial score (nSPS) is 10.5. The van der Waals surface area contributed by atoms with Crippen LogP contribution >= 0.6 is 0 Å². The molecule has 5 heteroatoms. The average Bonchev–Trinajstić information content (AvgIpc) is 2.57. The van der Waals surface area contributed by atoms with Crippen LogP contribution in [0.3, 0.4) is 0 Å². The van der Waals surface area contributed by atoms with Crippen molar-refractivity contribution in [2.45, 2.75) is 6.92 Å². The number of aromatic carboxylic acids is 1. The highest BCUT2D eigenvalue weighted by Crippen LogP contribution is 2.21. The van der Waals surface area contributed by atoms with Gasteiger partial charge in [-0.15, -0.1) is 0 Å². The maximum absolute atomic E-state index is 11.1. The van der Waals surface area contributed by atoms with Crippen LogP contribution in [0, 0.1) is 6.92 Å². The van der Waals surface area contributed by atoms with Crippen LogP contribution in [0.4, 0.5) is 0 Å². The largest absolute Gasteiger partial charge is 0.479 e. The maximum Gasteiger partial charge on any atom is 0.358 e. The van der Waals surface area contributed by atoms with Crippen LogP contribution in [0.15, 0.2) is 18.2 Å². The summed E-state index contributed by atoms with van der Waals surface area (Å²) in [6.45, 7) is 1.82. The molecule has 0 saturated heterocycles. The number of carbonyl (C=O) groups is 1. The van der Waals surface area contributed by atoms with E-state index in [2.05, 4.69) is 4.98 Å². The van der Waals surface area contributed by atoms with Crippen LogP contribution in [0.2, 0.25) is 0 Å². The Morgan fingerprint density at radius 2 is 2.27 bits per heavy atom. The van der Waals surface area contributed by atoms with Gasteiger partial charge in [0.05, 0.1) is 7.11 Å². The van der Waals surface area contributed by atoms with Gasteiger partial charge in [0, 0.05) is 5.69 Å². The highest BCUT2D eigenvalue weighted by Gasteiger charge is 2.19. The van der Waals surface area contributed by atoms with E-state index in [4.69, 9.17) is 9.84 Å². The smallest absolute Gasteiger partial charge is 0.358 e. The zero-order chi connectivity index (χ0) is 11.0. The fraction of sp³-hybridized carbons (Fsp3) is 0.200. The Kier molecular flexibility index (Phi) is 2.07. The second-order valence-corrected chi connectivity index (χ2v) is 3.14. The number of hydrogen-bond donors (Lipinski definition) is 1. The van der Waals surface area contributed by atoms with Gasteiger partial charge in [-0.3, -0.25) is 4.40 Å². The number of aryl methyl sites for hydroxylation is 1. The molecule has 5 nitrogen and oxygen atoms in total. The Hall–Kier alpha value is -2.04. The minimum Gasteiger partial charge on any atom is -0.479 e. The molecule has 0 amide bonds. The van der Waals surface area contributed by atoms with Gasteiger partial charge in [-0.2, -0.15) is 4.98 Å². The van der Waals surface area contributed by atoms with Gasteiger partial charge >= 0.3 is 5.97 Å². The average molecular weight is 206 g/mol. The van der Waals surface area contributed by atoms with Gasteiger partial charge in [0.15, 0.2) is 5.69 Å². The SMILES string of the molecule is COc1nc2cccc(C)n2c1C(=O)O. The van der Waals surface area contributed by atoms with E-state index >= 15 is 0 Å². The molecule has 15 heavy (non-hydrogen) atoms. The zero-order valence-electron chi connectivity index (χ0n) is 8.39. The lowest BCUT2D eigenvalue weighted by atomic mass is 10.3. The molecule has 2 rings (SSSR count). The van der Waals surface area contributed by atoms with Gasteiger partial charge in [0.2, 0.25) is 5.88 Å². The second kappa shape index (κ2) is 3.27. The third-order valence-corrected chi connectivity index (χ3v) is 2.20. The molecule has 2 heterocycles. The van der Waals surface area contributed by atoms with Crippen LogP contribution in [-0.2, 0) is 0 Å².